The standard InChI is InChI=1S/C24H28N4O3S/c1-15-12-13-20(31-15)21(22(29)25-24(2,3)4)28(23(30)18-14-32-27-26-18)19-11-7-9-16-8-5-6-10-17(16)19/h7,9,11-14,21H,5-6,8,10H2,1-4H3,(H,25,29)/t21-/m1/s1. The molecule has 0 saturated carbocycles. The molecular weight excluding hydrogens is 424 g/mol. The molecule has 2 heterocycles. The van der Waals surface area contributed by atoms with Gasteiger partial charge in [0.2, 0.25) is 0 Å². The number of hydrogen-bond donors (Lipinski definition) is 1. The third-order valence-corrected chi connectivity index (χ3v) is 5.97. The first-order chi connectivity index (χ1) is 15.2. The predicted molar refractivity (Wildman–Crippen MR) is 124 cm³/mol. The van der Waals surface area contributed by atoms with E-state index in [1.807, 2.05) is 39.8 Å². The minimum Gasteiger partial charge on any atom is -0.464 e. The van der Waals surface area contributed by atoms with Gasteiger partial charge in [-0.25, -0.2) is 0 Å². The minimum absolute atomic E-state index is 0.209. The van der Waals surface area contributed by atoms with Gasteiger partial charge in [0.25, 0.3) is 11.8 Å². The Balaban J connectivity index is 1.90. The Hall–Kier alpha value is -3.00. The summed E-state index contributed by atoms with van der Waals surface area (Å²) in [7, 11) is 0. The summed E-state index contributed by atoms with van der Waals surface area (Å²) in [6.07, 6.45) is 3.98. The molecule has 32 heavy (non-hydrogen) atoms. The normalized spacial score (nSPS) is 14.5. The van der Waals surface area contributed by atoms with E-state index >= 15 is 0 Å². The van der Waals surface area contributed by atoms with E-state index in [9.17, 15) is 9.59 Å². The zero-order valence-electron chi connectivity index (χ0n) is 18.8. The van der Waals surface area contributed by atoms with Gasteiger partial charge in [0, 0.05) is 16.6 Å². The van der Waals surface area contributed by atoms with E-state index in [0.717, 1.165) is 48.5 Å². The number of furan rings is 1. The maximum absolute atomic E-state index is 13.8. The number of carbonyl (C=O) groups excluding carboxylic acids is 2. The Kier molecular flexibility index (Phi) is 6.15. The summed E-state index contributed by atoms with van der Waals surface area (Å²) in [5.74, 6) is 0.401. The van der Waals surface area contributed by atoms with Crippen molar-refractivity contribution in [2.75, 3.05) is 4.90 Å². The fourth-order valence-electron chi connectivity index (χ4n) is 4.15. The smallest absolute Gasteiger partial charge is 0.280 e. The molecule has 8 heteroatoms. The Morgan fingerprint density at radius 3 is 2.59 bits per heavy atom. The highest BCUT2D eigenvalue weighted by Crippen LogP contribution is 2.37. The van der Waals surface area contributed by atoms with Gasteiger partial charge in [-0.05, 0) is 94.2 Å². The zero-order chi connectivity index (χ0) is 22.9. The lowest BCUT2D eigenvalue weighted by Gasteiger charge is -2.34. The summed E-state index contributed by atoms with van der Waals surface area (Å²) in [6, 6.07) is 8.55. The molecule has 4 rings (SSSR count). The van der Waals surface area contributed by atoms with E-state index in [4.69, 9.17) is 4.42 Å². The largest absolute Gasteiger partial charge is 0.464 e. The van der Waals surface area contributed by atoms with E-state index in [2.05, 4.69) is 21.0 Å². The van der Waals surface area contributed by atoms with Crippen LogP contribution in [-0.2, 0) is 17.6 Å². The van der Waals surface area contributed by atoms with Gasteiger partial charge in [-0.3, -0.25) is 14.5 Å². The number of fused-ring (bicyclic) bond motifs is 1. The first-order valence-electron chi connectivity index (χ1n) is 10.8. The lowest BCUT2D eigenvalue weighted by Crippen LogP contribution is -2.49. The summed E-state index contributed by atoms with van der Waals surface area (Å²) in [5, 5.41) is 8.64. The van der Waals surface area contributed by atoms with Gasteiger partial charge in [-0.1, -0.05) is 16.6 Å². The first kappa shape index (κ1) is 22.2. The highest BCUT2D eigenvalue weighted by molar-refractivity contribution is 7.03. The van der Waals surface area contributed by atoms with Crippen molar-refractivity contribution in [1.29, 1.82) is 0 Å². The summed E-state index contributed by atoms with van der Waals surface area (Å²) in [4.78, 5) is 29.0. The molecule has 1 aliphatic rings. The average Bonchev–Trinajstić information content (AvgIpc) is 3.42. The number of hydrogen-bond acceptors (Lipinski definition) is 6. The second-order valence-electron chi connectivity index (χ2n) is 9.18. The van der Waals surface area contributed by atoms with E-state index < -0.39 is 11.6 Å². The van der Waals surface area contributed by atoms with Crippen LogP contribution in [0.5, 0.6) is 0 Å². The first-order valence-corrected chi connectivity index (χ1v) is 11.7. The number of aromatic nitrogens is 2. The van der Waals surface area contributed by atoms with Crippen LogP contribution in [0.2, 0.25) is 0 Å². The Bertz CT molecular complexity index is 1110. The molecule has 1 atom stereocenters. The van der Waals surface area contributed by atoms with E-state index in [-0.39, 0.29) is 17.5 Å². The molecule has 0 spiro atoms. The lowest BCUT2D eigenvalue weighted by atomic mass is 9.89. The van der Waals surface area contributed by atoms with Crippen LogP contribution < -0.4 is 10.2 Å². The Morgan fingerprint density at radius 2 is 1.94 bits per heavy atom. The summed E-state index contributed by atoms with van der Waals surface area (Å²) >= 11 is 1.11. The van der Waals surface area contributed by atoms with Gasteiger partial charge in [-0.15, -0.1) is 5.10 Å². The number of amides is 2. The van der Waals surface area contributed by atoms with E-state index in [0.29, 0.717) is 11.5 Å². The summed E-state index contributed by atoms with van der Waals surface area (Å²) in [6.45, 7) is 7.56. The van der Waals surface area contributed by atoms with E-state index in [1.165, 1.54) is 5.56 Å². The minimum atomic E-state index is -0.981. The van der Waals surface area contributed by atoms with Gasteiger partial charge >= 0.3 is 0 Å². The topological polar surface area (TPSA) is 88.3 Å². The number of nitrogens with zero attached hydrogens (tertiary/aromatic N) is 3. The van der Waals surface area contributed by atoms with Crippen LogP contribution in [0.1, 0.15) is 72.8 Å². The SMILES string of the molecule is Cc1ccc([C@H](C(=O)NC(C)(C)C)N(C(=O)c2csnn2)c2cccc3c2CCCC3)o1. The fourth-order valence-corrected chi connectivity index (χ4v) is 4.58. The van der Waals surface area contributed by atoms with Crippen molar-refractivity contribution < 1.29 is 14.0 Å². The van der Waals surface area contributed by atoms with E-state index in [1.54, 1.807) is 22.4 Å². The quantitative estimate of drug-likeness (QED) is 0.610. The van der Waals surface area contributed by atoms with Gasteiger partial charge in [0.05, 0.1) is 0 Å². The fraction of sp³-hybridized carbons (Fsp3) is 0.417. The molecule has 2 aromatic heterocycles. The maximum Gasteiger partial charge on any atom is 0.280 e. The molecule has 3 aromatic rings. The lowest BCUT2D eigenvalue weighted by molar-refractivity contribution is -0.124. The zero-order valence-corrected chi connectivity index (χ0v) is 19.7. The van der Waals surface area contributed by atoms with Crippen LogP contribution in [0.25, 0.3) is 0 Å². The van der Waals surface area contributed by atoms with Crippen LogP contribution in [0, 0.1) is 6.92 Å². The molecule has 0 saturated heterocycles. The third-order valence-electron chi connectivity index (χ3n) is 5.46. The van der Waals surface area contributed by atoms with Crippen LogP contribution >= 0.6 is 11.5 Å². The van der Waals surface area contributed by atoms with Crippen molar-refractivity contribution in [2.24, 2.45) is 0 Å². The third kappa shape index (κ3) is 4.60. The number of aryl methyl sites for hydroxylation is 2. The van der Waals surface area contributed by atoms with Gasteiger partial charge < -0.3 is 9.73 Å². The molecule has 7 nitrogen and oxygen atoms in total. The number of nitrogens with one attached hydrogen (secondary N) is 1. The van der Waals surface area contributed by atoms with Crippen molar-refractivity contribution in [3.63, 3.8) is 0 Å². The molecular formula is C24H28N4O3S. The molecule has 0 radical (unpaired) electrons. The highest BCUT2D eigenvalue weighted by atomic mass is 32.1. The second-order valence-corrected chi connectivity index (χ2v) is 9.79. The molecule has 2 amide bonds. The molecule has 1 N–H and O–H groups in total. The van der Waals surface area contributed by atoms with Crippen LogP contribution in [0.4, 0.5) is 5.69 Å². The van der Waals surface area contributed by atoms with Crippen LogP contribution in [0.3, 0.4) is 0 Å². The highest BCUT2D eigenvalue weighted by Gasteiger charge is 2.39. The number of anilines is 1. The molecule has 1 aliphatic carbocycles. The van der Waals surface area contributed by atoms with Gasteiger partial charge in [0.1, 0.15) is 11.5 Å². The molecule has 168 valence electrons. The molecule has 1 aromatic carbocycles. The van der Waals surface area contributed by atoms with Crippen molar-refractivity contribution in [1.82, 2.24) is 14.9 Å². The Labute approximate surface area is 192 Å². The van der Waals surface area contributed by atoms with Crippen molar-refractivity contribution in [3.05, 3.63) is 64.1 Å². The molecule has 0 fully saturated rings. The average molecular weight is 453 g/mol. The maximum atomic E-state index is 13.8. The summed E-state index contributed by atoms with van der Waals surface area (Å²) < 4.78 is 9.77. The van der Waals surface area contributed by atoms with Gasteiger partial charge in [0.15, 0.2) is 11.7 Å². The van der Waals surface area contributed by atoms with Crippen LogP contribution in [0.15, 0.2) is 40.1 Å². The summed E-state index contributed by atoms with van der Waals surface area (Å²) in [5.41, 5.74) is 2.77. The number of carbonyl (C=O) groups is 2. The second kappa shape index (κ2) is 8.86. The molecule has 0 unspecified atom stereocenters. The molecule has 0 bridgehead atoms. The van der Waals surface area contributed by atoms with Crippen molar-refractivity contribution in [2.45, 2.75) is 65.0 Å². The number of rotatable bonds is 5. The van der Waals surface area contributed by atoms with Crippen molar-refractivity contribution >= 4 is 29.0 Å². The Morgan fingerprint density at radius 1 is 1.16 bits per heavy atom. The van der Waals surface area contributed by atoms with Gasteiger partial charge in [-0.2, -0.15) is 0 Å². The van der Waals surface area contributed by atoms with Crippen molar-refractivity contribution in [3.8, 4) is 0 Å². The number of benzene rings is 1. The monoisotopic (exact) mass is 452 g/mol. The predicted octanol–water partition coefficient (Wildman–Crippen LogP) is 4.62. The van der Waals surface area contributed by atoms with Crippen LogP contribution in [-0.4, -0.2) is 26.9 Å². The molecule has 0 aliphatic heterocycles.